The second-order valence-corrected chi connectivity index (χ2v) is 4.70. The molecule has 0 spiro atoms. The van der Waals surface area contributed by atoms with E-state index in [0.29, 0.717) is 5.92 Å². The van der Waals surface area contributed by atoms with Crippen LogP contribution in [0.25, 0.3) is 0 Å². The Bertz CT molecular complexity index is 577. The first-order valence-electron chi connectivity index (χ1n) is 6.19. The van der Waals surface area contributed by atoms with E-state index < -0.39 is 0 Å². The molecule has 0 saturated heterocycles. The lowest BCUT2D eigenvalue weighted by Gasteiger charge is -2.17. The summed E-state index contributed by atoms with van der Waals surface area (Å²) in [6.07, 6.45) is 2.23. The first-order valence-corrected chi connectivity index (χ1v) is 6.19. The quantitative estimate of drug-likeness (QED) is 0.867. The Kier molecular flexibility index (Phi) is 2.91. The molecule has 1 aromatic heterocycles. The molecule has 0 radical (unpaired) electrons. The van der Waals surface area contributed by atoms with Crippen LogP contribution in [0, 0.1) is 5.92 Å². The summed E-state index contributed by atoms with van der Waals surface area (Å²) < 4.78 is 4.44. The molecule has 0 bridgehead atoms. The molecule has 1 fully saturated rings. The highest BCUT2D eigenvalue weighted by molar-refractivity contribution is 5.96. The Labute approximate surface area is 109 Å². The van der Waals surface area contributed by atoms with Crippen molar-refractivity contribution >= 4 is 11.7 Å². The van der Waals surface area contributed by atoms with Gasteiger partial charge in [0, 0.05) is 0 Å². The number of hydrogen-bond acceptors (Lipinski definition) is 5. The first kappa shape index (κ1) is 11.7. The molecular formula is C13H14N4O2. The lowest BCUT2D eigenvalue weighted by Crippen LogP contribution is -2.30. The molecule has 0 aliphatic heterocycles. The van der Waals surface area contributed by atoms with Crippen LogP contribution >= 0.6 is 0 Å². The van der Waals surface area contributed by atoms with E-state index in [1.807, 2.05) is 30.3 Å². The van der Waals surface area contributed by atoms with Crippen molar-refractivity contribution in [2.75, 3.05) is 5.73 Å². The van der Waals surface area contributed by atoms with Crippen LogP contribution in [0.1, 0.15) is 34.9 Å². The first-order chi connectivity index (χ1) is 9.25. The normalized spacial score (nSPS) is 16.0. The number of carbonyl (C=O) groups is 1. The van der Waals surface area contributed by atoms with Gasteiger partial charge < -0.3 is 11.1 Å². The second-order valence-electron chi connectivity index (χ2n) is 4.70. The average Bonchev–Trinajstić information content (AvgIpc) is 3.18. The molecule has 1 aliphatic carbocycles. The summed E-state index contributed by atoms with van der Waals surface area (Å²) in [5, 5.41) is 9.89. The molecule has 6 heteroatoms. The summed E-state index contributed by atoms with van der Waals surface area (Å²) in [6.45, 7) is 0. The third kappa shape index (κ3) is 2.42. The van der Waals surface area contributed by atoms with Crippen LogP contribution in [0.5, 0.6) is 0 Å². The van der Waals surface area contributed by atoms with Crippen LogP contribution < -0.4 is 11.1 Å². The van der Waals surface area contributed by atoms with Gasteiger partial charge in [0.25, 0.3) is 5.91 Å². The lowest BCUT2D eigenvalue weighted by atomic mass is 10.0. The molecule has 1 atom stereocenters. The number of nitrogens with two attached hydrogens (primary N) is 1. The van der Waals surface area contributed by atoms with Crippen LogP contribution in [0.15, 0.2) is 35.0 Å². The molecule has 1 unspecified atom stereocenters. The third-order valence-electron chi connectivity index (χ3n) is 3.27. The number of nitrogen functional groups attached to an aromatic ring is 1. The van der Waals surface area contributed by atoms with Crippen molar-refractivity contribution in [3.05, 3.63) is 41.6 Å². The highest BCUT2D eigenvalue weighted by Gasteiger charge is 2.34. The maximum Gasteiger partial charge on any atom is 0.277 e. The van der Waals surface area contributed by atoms with Crippen molar-refractivity contribution in [3.8, 4) is 0 Å². The van der Waals surface area contributed by atoms with Crippen LogP contribution in [0.3, 0.4) is 0 Å². The minimum Gasteiger partial charge on any atom is -0.379 e. The molecule has 19 heavy (non-hydrogen) atoms. The molecular weight excluding hydrogens is 244 g/mol. The van der Waals surface area contributed by atoms with E-state index in [1.165, 1.54) is 0 Å². The molecule has 1 aliphatic rings. The number of rotatable bonds is 4. The zero-order valence-electron chi connectivity index (χ0n) is 10.2. The molecule has 2 aromatic rings. The van der Waals surface area contributed by atoms with Gasteiger partial charge in [0.1, 0.15) is 0 Å². The fraction of sp³-hybridized carbons (Fsp3) is 0.308. The number of aromatic nitrogens is 2. The Morgan fingerprint density at radius 3 is 2.63 bits per heavy atom. The monoisotopic (exact) mass is 258 g/mol. The second kappa shape index (κ2) is 4.72. The molecule has 98 valence electrons. The van der Waals surface area contributed by atoms with Crippen LogP contribution in [0.2, 0.25) is 0 Å². The molecule has 6 nitrogen and oxygen atoms in total. The topological polar surface area (TPSA) is 94.0 Å². The van der Waals surface area contributed by atoms with Gasteiger partial charge in [0.15, 0.2) is 0 Å². The zero-order valence-corrected chi connectivity index (χ0v) is 10.2. The van der Waals surface area contributed by atoms with Crippen molar-refractivity contribution in [3.63, 3.8) is 0 Å². The van der Waals surface area contributed by atoms with Gasteiger partial charge in [-0.15, -0.1) is 0 Å². The number of amides is 1. The van der Waals surface area contributed by atoms with E-state index in [1.54, 1.807) is 0 Å². The summed E-state index contributed by atoms with van der Waals surface area (Å²) in [6, 6.07) is 9.88. The van der Waals surface area contributed by atoms with Crippen LogP contribution in [-0.4, -0.2) is 16.2 Å². The Balaban J connectivity index is 1.79. The highest BCUT2D eigenvalue weighted by Crippen LogP contribution is 2.41. The molecule has 1 heterocycles. The number of anilines is 1. The van der Waals surface area contributed by atoms with Gasteiger partial charge in [-0.2, -0.15) is 0 Å². The van der Waals surface area contributed by atoms with Gasteiger partial charge in [-0.3, -0.25) is 4.79 Å². The lowest BCUT2D eigenvalue weighted by molar-refractivity contribution is 0.0922. The maximum atomic E-state index is 12.1. The summed E-state index contributed by atoms with van der Waals surface area (Å²) in [5.74, 6) is 0.145. The predicted octanol–water partition coefficient (Wildman–Crippen LogP) is 1.53. The summed E-state index contributed by atoms with van der Waals surface area (Å²) in [4.78, 5) is 12.1. The molecule has 1 amide bonds. The van der Waals surface area contributed by atoms with Gasteiger partial charge in [0.2, 0.25) is 11.5 Å². The maximum absolute atomic E-state index is 12.1. The Morgan fingerprint density at radius 1 is 1.32 bits per heavy atom. The van der Waals surface area contributed by atoms with Gasteiger partial charge >= 0.3 is 0 Å². The minimum absolute atomic E-state index is 0.00944. The number of benzene rings is 1. The van der Waals surface area contributed by atoms with Gasteiger partial charge in [-0.05, 0) is 34.6 Å². The van der Waals surface area contributed by atoms with Crippen LogP contribution in [0.4, 0.5) is 5.82 Å². The number of carbonyl (C=O) groups excluding carboxylic acids is 1. The Morgan fingerprint density at radius 2 is 2.05 bits per heavy atom. The van der Waals surface area contributed by atoms with E-state index in [-0.39, 0.29) is 23.5 Å². The van der Waals surface area contributed by atoms with Gasteiger partial charge in [-0.1, -0.05) is 30.3 Å². The van der Waals surface area contributed by atoms with E-state index in [2.05, 4.69) is 20.3 Å². The summed E-state index contributed by atoms with van der Waals surface area (Å²) >= 11 is 0. The molecule has 3 rings (SSSR count). The van der Waals surface area contributed by atoms with Crippen molar-refractivity contribution in [2.45, 2.75) is 18.9 Å². The van der Waals surface area contributed by atoms with E-state index in [9.17, 15) is 4.79 Å². The standard InChI is InChI=1S/C13H14N4O2/c14-12-11(16-19-17-12)13(18)15-10(9-6-7-9)8-4-2-1-3-5-8/h1-5,9-10H,6-7H2,(H2,14,17)(H,15,18). The predicted molar refractivity (Wildman–Crippen MR) is 68.1 cm³/mol. The highest BCUT2D eigenvalue weighted by atomic mass is 16.6. The Hall–Kier alpha value is -2.37. The van der Waals surface area contributed by atoms with Crippen molar-refractivity contribution in [1.29, 1.82) is 0 Å². The smallest absolute Gasteiger partial charge is 0.277 e. The van der Waals surface area contributed by atoms with Crippen LogP contribution in [-0.2, 0) is 0 Å². The number of nitrogens with one attached hydrogen (secondary N) is 1. The van der Waals surface area contributed by atoms with Crippen molar-refractivity contribution in [1.82, 2.24) is 15.6 Å². The summed E-state index contributed by atoms with van der Waals surface area (Å²) in [7, 11) is 0. The van der Waals surface area contributed by atoms with E-state index in [4.69, 9.17) is 5.73 Å². The largest absolute Gasteiger partial charge is 0.379 e. The fourth-order valence-electron chi connectivity index (χ4n) is 2.13. The SMILES string of the molecule is Nc1nonc1C(=O)NC(c1ccccc1)C1CC1. The minimum atomic E-state index is -0.348. The van der Waals surface area contributed by atoms with Crippen molar-refractivity contribution in [2.24, 2.45) is 5.92 Å². The third-order valence-corrected chi connectivity index (χ3v) is 3.27. The van der Waals surface area contributed by atoms with Crippen molar-refractivity contribution < 1.29 is 9.42 Å². The average molecular weight is 258 g/mol. The molecule has 1 aromatic carbocycles. The van der Waals surface area contributed by atoms with E-state index in [0.717, 1.165) is 18.4 Å². The molecule has 1 saturated carbocycles. The number of nitrogens with zero attached hydrogens (tertiary/aromatic N) is 2. The zero-order chi connectivity index (χ0) is 13.2. The summed E-state index contributed by atoms with van der Waals surface area (Å²) in [5.41, 5.74) is 6.65. The molecule has 3 N–H and O–H groups in total. The fourth-order valence-corrected chi connectivity index (χ4v) is 2.13. The van der Waals surface area contributed by atoms with Gasteiger partial charge in [0.05, 0.1) is 6.04 Å². The van der Waals surface area contributed by atoms with Gasteiger partial charge in [-0.25, -0.2) is 4.63 Å². The van der Waals surface area contributed by atoms with E-state index >= 15 is 0 Å². The number of hydrogen-bond donors (Lipinski definition) is 2.